The average Bonchev–Trinajstić information content (AvgIpc) is 2.24. The van der Waals surface area contributed by atoms with Gasteiger partial charge in [0.05, 0.1) is 18.8 Å². The van der Waals surface area contributed by atoms with Gasteiger partial charge in [0.2, 0.25) is 0 Å². The van der Waals surface area contributed by atoms with Gasteiger partial charge in [0.1, 0.15) is 5.75 Å². The summed E-state index contributed by atoms with van der Waals surface area (Å²) in [6.45, 7) is 2.27. The van der Waals surface area contributed by atoms with Crippen molar-refractivity contribution in [3.8, 4) is 5.75 Å². The van der Waals surface area contributed by atoms with E-state index in [1.54, 1.807) is 7.11 Å². The van der Waals surface area contributed by atoms with E-state index in [0.717, 1.165) is 18.8 Å². The molecule has 1 aliphatic rings. The number of methoxy groups -OCH3 is 1. The summed E-state index contributed by atoms with van der Waals surface area (Å²) < 4.78 is 5.36. The van der Waals surface area contributed by atoms with E-state index >= 15 is 0 Å². The molecule has 1 fully saturated rings. The Morgan fingerprint density at radius 2 is 2.00 bits per heavy atom. The summed E-state index contributed by atoms with van der Waals surface area (Å²) in [4.78, 5) is 4.62. The number of likely N-dealkylation sites (tertiary alicyclic amines) is 1. The molecule has 3 nitrogen and oxygen atoms in total. The molecule has 3 heteroatoms. The molecule has 0 unspecified atom stereocenters. The molecule has 1 saturated heterocycles. The first-order valence-corrected chi connectivity index (χ1v) is 5.26. The number of para-hydroxylation sites is 2. The van der Waals surface area contributed by atoms with Crippen LogP contribution >= 0.6 is 0 Å². The third kappa shape index (κ3) is 1.92. The molecule has 0 amide bonds. The Balaban J connectivity index is 2.14. The first kappa shape index (κ1) is 10.3. The number of anilines is 1. The molecule has 0 radical (unpaired) electrons. The third-order valence-electron chi connectivity index (χ3n) is 3.06. The molecule has 0 aromatic heterocycles. The Kier molecular flexibility index (Phi) is 2.82. The minimum atomic E-state index is 0.617. The lowest BCUT2D eigenvalue weighted by atomic mass is 10.1. The molecule has 0 bridgehead atoms. The minimum Gasteiger partial charge on any atom is -0.495 e. The minimum absolute atomic E-state index is 0.617. The van der Waals surface area contributed by atoms with Crippen LogP contribution in [0.25, 0.3) is 0 Å². The summed E-state index contributed by atoms with van der Waals surface area (Å²) in [5.41, 5.74) is 1.18. The fraction of sp³-hybridized carbons (Fsp3) is 0.500. The Labute approximate surface area is 91.2 Å². The van der Waals surface area contributed by atoms with Crippen molar-refractivity contribution in [3.63, 3.8) is 0 Å². The van der Waals surface area contributed by atoms with Crippen molar-refractivity contribution in [1.82, 2.24) is 4.90 Å². The second kappa shape index (κ2) is 4.11. The number of hydrogen-bond acceptors (Lipinski definition) is 3. The number of ether oxygens (including phenoxy) is 1. The van der Waals surface area contributed by atoms with Crippen molar-refractivity contribution in [2.24, 2.45) is 0 Å². The molecule has 0 atom stereocenters. The number of hydrogen-bond donors (Lipinski definition) is 0. The van der Waals surface area contributed by atoms with Gasteiger partial charge in [0, 0.05) is 20.1 Å². The van der Waals surface area contributed by atoms with Gasteiger partial charge in [-0.25, -0.2) is 0 Å². The first-order chi connectivity index (χ1) is 7.22. The SMILES string of the molecule is COc1ccccc1N(C)C1CN(C)C1. The van der Waals surface area contributed by atoms with E-state index in [2.05, 4.69) is 36.0 Å². The molecule has 0 N–H and O–H groups in total. The first-order valence-electron chi connectivity index (χ1n) is 5.26. The maximum absolute atomic E-state index is 5.36. The van der Waals surface area contributed by atoms with E-state index in [-0.39, 0.29) is 0 Å². The van der Waals surface area contributed by atoms with Crippen LogP contribution in [-0.2, 0) is 0 Å². The van der Waals surface area contributed by atoms with Gasteiger partial charge in [-0.1, -0.05) is 12.1 Å². The van der Waals surface area contributed by atoms with Crippen molar-refractivity contribution >= 4 is 5.69 Å². The molecule has 0 aliphatic carbocycles. The van der Waals surface area contributed by atoms with E-state index < -0.39 is 0 Å². The van der Waals surface area contributed by atoms with Crippen LogP contribution in [-0.4, -0.2) is 45.2 Å². The normalized spacial score (nSPS) is 17.3. The number of likely N-dealkylation sites (N-methyl/N-ethyl adjacent to an activating group) is 2. The van der Waals surface area contributed by atoms with Crippen LogP contribution in [0.4, 0.5) is 5.69 Å². The molecule has 1 aromatic rings. The lowest BCUT2D eigenvalue weighted by molar-refractivity contribution is 0.187. The van der Waals surface area contributed by atoms with Gasteiger partial charge in [-0.15, -0.1) is 0 Å². The van der Waals surface area contributed by atoms with Crippen molar-refractivity contribution in [2.75, 3.05) is 39.2 Å². The molecule has 82 valence electrons. The highest BCUT2D eigenvalue weighted by Crippen LogP contribution is 2.29. The second-order valence-electron chi connectivity index (χ2n) is 4.16. The summed E-state index contributed by atoms with van der Waals surface area (Å²) in [7, 11) is 6.00. The topological polar surface area (TPSA) is 15.7 Å². The predicted octanol–water partition coefficient (Wildman–Crippen LogP) is 1.45. The maximum atomic E-state index is 5.36. The van der Waals surface area contributed by atoms with E-state index in [0.29, 0.717) is 6.04 Å². The predicted molar refractivity (Wildman–Crippen MR) is 62.7 cm³/mol. The van der Waals surface area contributed by atoms with Gasteiger partial charge in [0.25, 0.3) is 0 Å². The van der Waals surface area contributed by atoms with Crippen LogP contribution in [0, 0.1) is 0 Å². The van der Waals surface area contributed by atoms with Crippen LogP contribution in [0.15, 0.2) is 24.3 Å². The Hall–Kier alpha value is -1.22. The Morgan fingerprint density at radius 3 is 2.60 bits per heavy atom. The molecule has 1 aromatic carbocycles. The molecule has 2 rings (SSSR count). The zero-order chi connectivity index (χ0) is 10.8. The fourth-order valence-corrected chi connectivity index (χ4v) is 2.03. The van der Waals surface area contributed by atoms with E-state index in [1.165, 1.54) is 5.69 Å². The van der Waals surface area contributed by atoms with Crippen LogP contribution in [0.5, 0.6) is 5.75 Å². The lowest BCUT2D eigenvalue weighted by Crippen LogP contribution is -2.56. The zero-order valence-electron chi connectivity index (χ0n) is 9.60. The van der Waals surface area contributed by atoms with E-state index in [4.69, 9.17) is 4.74 Å². The maximum Gasteiger partial charge on any atom is 0.142 e. The van der Waals surface area contributed by atoms with Crippen LogP contribution < -0.4 is 9.64 Å². The monoisotopic (exact) mass is 206 g/mol. The Bertz CT molecular complexity index is 334. The molecule has 1 aliphatic heterocycles. The molecule has 1 heterocycles. The van der Waals surface area contributed by atoms with Gasteiger partial charge in [-0.05, 0) is 19.2 Å². The number of benzene rings is 1. The zero-order valence-corrected chi connectivity index (χ0v) is 9.60. The fourth-order valence-electron chi connectivity index (χ4n) is 2.03. The average molecular weight is 206 g/mol. The number of nitrogens with zero attached hydrogens (tertiary/aromatic N) is 2. The van der Waals surface area contributed by atoms with Gasteiger partial charge in [-0.2, -0.15) is 0 Å². The Morgan fingerprint density at radius 1 is 1.33 bits per heavy atom. The van der Waals surface area contributed by atoms with Gasteiger partial charge in [-0.3, -0.25) is 0 Å². The van der Waals surface area contributed by atoms with Crippen LogP contribution in [0.3, 0.4) is 0 Å². The molecule has 0 saturated carbocycles. The van der Waals surface area contributed by atoms with Gasteiger partial charge >= 0.3 is 0 Å². The highest BCUT2D eigenvalue weighted by molar-refractivity contribution is 5.58. The quantitative estimate of drug-likeness (QED) is 0.744. The van der Waals surface area contributed by atoms with Crippen LogP contribution in [0.2, 0.25) is 0 Å². The van der Waals surface area contributed by atoms with Gasteiger partial charge < -0.3 is 14.5 Å². The largest absolute Gasteiger partial charge is 0.495 e. The molecule has 15 heavy (non-hydrogen) atoms. The van der Waals surface area contributed by atoms with Crippen LogP contribution in [0.1, 0.15) is 0 Å². The second-order valence-corrected chi connectivity index (χ2v) is 4.16. The highest BCUT2D eigenvalue weighted by Gasteiger charge is 2.28. The number of rotatable bonds is 3. The lowest BCUT2D eigenvalue weighted by Gasteiger charge is -2.43. The van der Waals surface area contributed by atoms with Crippen molar-refractivity contribution < 1.29 is 4.74 Å². The van der Waals surface area contributed by atoms with Crippen molar-refractivity contribution in [3.05, 3.63) is 24.3 Å². The summed E-state index contributed by atoms with van der Waals surface area (Å²) in [6, 6.07) is 8.79. The summed E-state index contributed by atoms with van der Waals surface area (Å²) >= 11 is 0. The third-order valence-corrected chi connectivity index (χ3v) is 3.06. The highest BCUT2D eigenvalue weighted by atomic mass is 16.5. The standard InChI is InChI=1S/C12H18N2O/c1-13-8-10(9-13)14(2)11-6-4-5-7-12(11)15-3/h4-7,10H,8-9H2,1-3H3. The van der Waals surface area contributed by atoms with Crippen molar-refractivity contribution in [1.29, 1.82) is 0 Å². The summed E-state index contributed by atoms with van der Waals surface area (Å²) in [6.07, 6.45) is 0. The smallest absolute Gasteiger partial charge is 0.142 e. The summed E-state index contributed by atoms with van der Waals surface area (Å²) in [5, 5.41) is 0. The van der Waals surface area contributed by atoms with E-state index in [1.807, 2.05) is 12.1 Å². The van der Waals surface area contributed by atoms with Crippen molar-refractivity contribution in [2.45, 2.75) is 6.04 Å². The van der Waals surface area contributed by atoms with Gasteiger partial charge in [0.15, 0.2) is 0 Å². The summed E-state index contributed by atoms with van der Waals surface area (Å²) in [5.74, 6) is 0.953. The molecular formula is C12H18N2O. The van der Waals surface area contributed by atoms with E-state index in [9.17, 15) is 0 Å². The molecule has 0 spiro atoms. The molecular weight excluding hydrogens is 188 g/mol.